The van der Waals surface area contributed by atoms with Crippen molar-refractivity contribution in [2.24, 2.45) is 5.73 Å². The second-order valence-electron chi connectivity index (χ2n) is 5.51. The Balaban J connectivity index is 1.97. The number of carbonyl (C=O) groups is 1. The maximum atomic E-state index is 14.3. The number of ether oxygens (including phenoxy) is 1. The third-order valence-corrected chi connectivity index (χ3v) is 5.33. The van der Waals surface area contributed by atoms with E-state index in [1.807, 2.05) is 19.1 Å². The summed E-state index contributed by atoms with van der Waals surface area (Å²) in [5.74, 6) is -1.62. The Hall–Kier alpha value is -2.15. The molecule has 4 nitrogen and oxygen atoms in total. The Morgan fingerprint density at radius 2 is 2.16 bits per heavy atom. The van der Waals surface area contributed by atoms with Crippen molar-refractivity contribution in [2.75, 3.05) is 0 Å². The van der Waals surface area contributed by atoms with Crippen molar-refractivity contribution in [2.45, 2.75) is 20.1 Å². The number of rotatable bonds is 5. The van der Waals surface area contributed by atoms with Gasteiger partial charge in [-0.25, -0.2) is 4.39 Å². The Morgan fingerprint density at radius 1 is 1.40 bits per heavy atom. The van der Waals surface area contributed by atoms with Gasteiger partial charge in [-0.3, -0.25) is 4.79 Å². The number of aliphatic hydroxyl groups excluding tert-OH is 1. The summed E-state index contributed by atoms with van der Waals surface area (Å²) in [6, 6.07) is 7.96. The van der Waals surface area contributed by atoms with Crippen molar-refractivity contribution < 1.29 is 19.0 Å². The highest BCUT2D eigenvalue weighted by molar-refractivity contribution is 7.19. The van der Waals surface area contributed by atoms with Crippen LogP contribution in [-0.2, 0) is 13.2 Å². The van der Waals surface area contributed by atoms with E-state index in [4.69, 9.17) is 22.1 Å². The van der Waals surface area contributed by atoms with E-state index >= 15 is 0 Å². The predicted molar refractivity (Wildman–Crippen MR) is 96.7 cm³/mol. The Labute approximate surface area is 152 Å². The van der Waals surface area contributed by atoms with Crippen LogP contribution in [0.4, 0.5) is 4.39 Å². The Morgan fingerprint density at radius 3 is 2.84 bits per heavy atom. The molecule has 0 bridgehead atoms. The summed E-state index contributed by atoms with van der Waals surface area (Å²) < 4.78 is 21.0. The molecule has 1 heterocycles. The lowest BCUT2D eigenvalue weighted by molar-refractivity contribution is 0.0999. The molecular formula is C18H15ClFNO3S. The quantitative estimate of drug-likeness (QED) is 0.698. The van der Waals surface area contributed by atoms with Crippen LogP contribution in [0.5, 0.6) is 5.75 Å². The number of nitrogens with two attached hydrogens (primary N) is 1. The van der Waals surface area contributed by atoms with Gasteiger partial charge in [0, 0.05) is 36.7 Å². The highest BCUT2D eigenvalue weighted by Gasteiger charge is 2.17. The summed E-state index contributed by atoms with van der Waals surface area (Å²) in [5, 5.41) is 10.9. The largest absolute Gasteiger partial charge is 0.485 e. The number of fused-ring (bicyclic) bond motifs is 1. The average Bonchev–Trinajstić information content (AvgIpc) is 2.89. The van der Waals surface area contributed by atoms with Crippen molar-refractivity contribution in [3.05, 3.63) is 62.7 Å². The van der Waals surface area contributed by atoms with Gasteiger partial charge in [0.15, 0.2) is 11.6 Å². The van der Waals surface area contributed by atoms with Gasteiger partial charge in [0.2, 0.25) is 5.91 Å². The molecule has 7 heteroatoms. The molecule has 0 saturated heterocycles. The third kappa shape index (κ3) is 3.33. The number of halogens is 2. The van der Waals surface area contributed by atoms with Crippen molar-refractivity contribution in [3.8, 4) is 5.75 Å². The SMILES string of the molecule is Cc1sc2cccc(Cl)c2c1COc1c(F)cc(C(N)=O)cc1CO. The first-order valence-electron chi connectivity index (χ1n) is 7.44. The topological polar surface area (TPSA) is 72.5 Å². The van der Waals surface area contributed by atoms with Crippen LogP contribution < -0.4 is 10.5 Å². The first-order valence-corrected chi connectivity index (χ1v) is 8.64. The maximum Gasteiger partial charge on any atom is 0.248 e. The summed E-state index contributed by atoms with van der Waals surface area (Å²) in [6.07, 6.45) is 0. The van der Waals surface area contributed by atoms with Crippen molar-refractivity contribution in [1.82, 2.24) is 0 Å². The molecule has 2 aromatic carbocycles. The van der Waals surface area contributed by atoms with Crippen LogP contribution >= 0.6 is 22.9 Å². The molecule has 1 amide bonds. The minimum atomic E-state index is -0.772. The van der Waals surface area contributed by atoms with Gasteiger partial charge in [-0.1, -0.05) is 17.7 Å². The molecule has 3 aromatic rings. The van der Waals surface area contributed by atoms with Crippen molar-refractivity contribution in [1.29, 1.82) is 0 Å². The first-order chi connectivity index (χ1) is 11.9. The lowest BCUT2D eigenvalue weighted by Crippen LogP contribution is -2.13. The van der Waals surface area contributed by atoms with Crippen LogP contribution in [0.25, 0.3) is 10.1 Å². The van der Waals surface area contributed by atoms with Crippen molar-refractivity contribution in [3.63, 3.8) is 0 Å². The number of primary amides is 1. The van der Waals surface area contributed by atoms with E-state index in [1.54, 1.807) is 17.4 Å². The van der Waals surface area contributed by atoms with Gasteiger partial charge in [-0.05, 0) is 31.2 Å². The number of hydrogen-bond acceptors (Lipinski definition) is 4. The second kappa shape index (κ2) is 7.00. The molecule has 1 aromatic heterocycles. The van der Waals surface area contributed by atoms with Crippen LogP contribution in [0.3, 0.4) is 0 Å². The van der Waals surface area contributed by atoms with Crippen molar-refractivity contribution >= 4 is 38.9 Å². The fraction of sp³-hybridized carbons (Fsp3) is 0.167. The number of carbonyl (C=O) groups excluding carboxylic acids is 1. The van der Waals surface area contributed by atoms with Gasteiger partial charge in [-0.15, -0.1) is 11.3 Å². The summed E-state index contributed by atoms with van der Waals surface area (Å²) in [4.78, 5) is 12.2. The highest BCUT2D eigenvalue weighted by atomic mass is 35.5. The normalized spacial score (nSPS) is 11.0. The third-order valence-electron chi connectivity index (χ3n) is 3.90. The van der Waals surface area contributed by atoms with Crippen LogP contribution in [-0.4, -0.2) is 11.0 Å². The van der Waals surface area contributed by atoms with Crippen LogP contribution in [0.1, 0.15) is 26.4 Å². The summed E-state index contributed by atoms with van der Waals surface area (Å²) >= 11 is 7.87. The second-order valence-corrected chi connectivity index (χ2v) is 7.17. The minimum Gasteiger partial charge on any atom is -0.485 e. The van der Waals surface area contributed by atoms with Gasteiger partial charge < -0.3 is 15.6 Å². The number of thiophene rings is 1. The van der Waals surface area contributed by atoms with Crippen LogP contribution in [0.2, 0.25) is 5.02 Å². The molecule has 0 spiro atoms. The van der Waals surface area contributed by atoms with Gasteiger partial charge in [0.25, 0.3) is 0 Å². The zero-order chi connectivity index (χ0) is 18.1. The standard InChI is InChI=1S/C18H15ClFNO3S/c1-9-12(16-13(19)3-2-4-15(16)25-9)8-24-17-11(7-22)5-10(18(21)23)6-14(17)20/h2-6,22H,7-8H2,1H3,(H2,21,23). The van der Waals surface area contributed by atoms with E-state index in [0.29, 0.717) is 5.02 Å². The summed E-state index contributed by atoms with van der Waals surface area (Å²) in [5.41, 5.74) is 6.18. The number of aliphatic hydroxyl groups is 1. The molecule has 25 heavy (non-hydrogen) atoms. The molecular weight excluding hydrogens is 365 g/mol. The maximum absolute atomic E-state index is 14.3. The zero-order valence-electron chi connectivity index (χ0n) is 13.3. The fourth-order valence-corrected chi connectivity index (χ4v) is 4.12. The van der Waals surface area contributed by atoms with E-state index in [-0.39, 0.29) is 23.5 Å². The highest BCUT2D eigenvalue weighted by Crippen LogP contribution is 2.36. The van der Waals surface area contributed by atoms with E-state index < -0.39 is 18.3 Å². The van der Waals surface area contributed by atoms with E-state index in [2.05, 4.69) is 0 Å². The van der Waals surface area contributed by atoms with Gasteiger partial charge in [0.05, 0.1) is 6.61 Å². The number of benzene rings is 2. The Bertz CT molecular complexity index is 971. The lowest BCUT2D eigenvalue weighted by atomic mass is 10.1. The molecule has 0 radical (unpaired) electrons. The first kappa shape index (κ1) is 17.7. The lowest BCUT2D eigenvalue weighted by Gasteiger charge is -2.13. The molecule has 0 unspecified atom stereocenters. The van der Waals surface area contributed by atoms with E-state index in [9.17, 15) is 14.3 Å². The molecule has 130 valence electrons. The smallest absolute Gasteiger partial charge is 0.248 e. The van der Waals surface area contributed by atoms with E-state index in [0.717, 1.165) is 26.6 Å². The molecule has 0 aliphatic carbocycles. The number of aryl methyl sites for hydroxylation is 1. The average molecular weight is 380 g/mol. The fourth-order valence-electron chi connectivity index (χ4n) is 2.67. The van der Waals surface area contributed by atoms with Gasteiger partial charge in [0.1, 0.15) is 6.61 Å². The summed E-state index contributed by atoms with van der Waals surface area (Å²) in [7, 11) is 0. The monoisotopic (exact) mass is 379 g/mol. The minimum absolute atomic E-state index is 0.0193. The number of hydrogen-bond donors (Lipinski definition) is 2. The predicted octanol–water partition coefficient (Wildman–Crippen LogP) is 4.17. The molecule has 0 saturated carbocycles. The van der Waals surface area contributed by atoms with Gasteiger partial charge in [-0.2, -0.15) is 0 Å². The van der Waals surface area contributed by atoms with Crippen LogP contribution in [0, 0.1) is 12.7 Å². The summed E-state index contributed by atoms with van der Waals surface area (Å²) in [6.45, 7) is 1.56. The van der Waals surface area contributed by atoms with Gasteiger partial charge >= 0.3 is 0 Å². The van der Waals surface area contributed by atoms with Crippen LogP contribution in [0.15, 0.2) is 30.3 Å². The molecule has 3 N–H and O–H groups in total. The molecule has 0 aliphatic rings. The molecule has 3 rings (SSSR count). The molecule has 0 fully saturated rings. The molecule has 0 atom stereocenters. The van der Waals surface area contributed by atoms with E-state index in [1.165, 1.54) is 6.07 Å². The zero-order valence-corrected chi connectivity index (χ0v) is 14.9. The molecule has 0 aliphatic heterocycles. The Kier molecular flexibility index (Phi) is 4.94. The number of amides is 1.